The molecule has 1 amide bonds. The summed E-state index contributed by atoms with van der Waals surface area (Å²) >= 11 is 0. The zero-order chi connectivity index (χ0) is 12.3. The van der Waals surface area contributed by atoms with Gasteiger partial charge in [-0.05, 0) is 40.5 Å². The van der Waals surface area contributed by atoms with Gasteiger partial charge < -0.3 is 4.90 Å². The van der Waals surface area contributed by atoms with Crippen LogP contribution >= 0.6 is 0 Å². The molecule has 0 bridgehead atoms. The van der Waals surface area contributed by atoms with Crippen molar-refractivity contribution in [2.75, 3.05) is 0 Å². The summed E-state index contributed by atoms with van der Waals surface area (Å²) in [6, 6.07) is 0.309. The number of hydrogen-bond donors (Lipinski definition) is 1. The zero-order valence-electron chi connectivity index (χ0n) is 11.0. The first-order chi connectivity index (χ1) is 7.37. The number of amides is 1. The summed E-state index contributed by atoms with van der Waals surface area (Å²) in [5.41, 5.74) is 2.79. The van der Waals surface area contributed by atoms with Crippen molar-refractivity contribution < 1.29 is 9.63 Å². The van der Waals surface area contributed by atoms with E-state index >= 15 is 0 Å². The third kappa shape index (κ3) is 3.19. The fraction of sp³-hybridized carbons (Fsp3) is 0.917. The first kappa shape index (κ1) is 13.5. The van der Waals surface area contributed by atoms with Crippen LogP contribution in [0.3, 0.4) is 0 Å². The van der Waals surface area contributed by atoms with E-state index in [2.05, 4.69) is 19.3 Å². The highest BCUT2D eigenvalue weighted by Gasteiger charge is 2.32. The summed E-state index contributed by atoms with van der Waals surface area (Å²) in [4.78, 5) is 19.1. The van der Waals surface area contributed by atoms with Crippen LogP contribution in [-0.2, 0) is 9.63 Å². The number of hydrogen-bond acceptors (Lipinski definition) is 3. The molecule has 1 aliphatic heterocycles. The molecule has 16 heavy (non-hydrogen) atoms. The van der Waals surface area contributed by atoms with E-state index in [1.54, 1.807) is 0 Å². The van der Waals surface area contributed by atoms with Crippen molar-refractivity contribution in [2.24, 2.45) is 0 Å². The maximum Gasteiger partial charge on any atom is 0.224 e. The average Bonchev–Trinajstić information content (AvgIpc) is 2.55. The molecule has 0 saturated carbocycles. The molecule has 1 saturated heterocycles. The summed E-state index contributed by atoms with van der Waals surface area (Å²) in [6.45, 7) is 10.2. The monoisotopic (exact) mass is 228 g/mol. The number of likely N-dealkylation sites (tertiary alicyclic amines) is 1. The number of hydroxylamine groups is 1. The Morgan fingerprint density at radius 2 is 2.25 bits per heavy atom. The molecule has 0 aliphatic carbocycles. The summed E-state index contributed by atoms with van der Waals surface area (Å²) in [7, 11) is 0. The highest BCUT2D eigenvalue weighted by molar-refractivity contribution is 5.78. The lowest BCUT2D eigenvalue weighted by molar-refractivity contribution is -0.147. The molecule has 1 aliphatic rings. The molecule has 1 heterocycles. The van der Waals surface area contributed by atoms with Gasteiger partial charge in [-0.2, -0.15) is 5.48 Å². The minimum absolute atomic E-state index is 0.0594. The topological polar surface area (TPSA) is 41.6 Å². The molecule has 1 rings (SSSR count). The highest BCUT2D eigenvalue weighted by Crippen LogP contribution is 2.20. The Hall–Kier alpha value is -0.610. The fourth-order valence-corrected chi connectivity index (χ4v) is 1.82. The summed E-state index contributed by atoms with van der Waals surface area (Å²) < 4.78 is 0. The van der Waals surface area contributed by atoms with Crippen molar-refractivity contribution in [3.05, 3.63) is 0 Å². The van der Waals surface area contributed by atoms with Crippen LogP contribution < -0.4 is 5.48 Å². The molecule has 1 N–H and O–H groups in total. The maximum atomic E-state index is 11.7. The number of nitrogens with one attached hydrogen (secondary N) is 1. The lowest BCUT2D eigenvalue weighted by atomic mass is 10.1. The van der Waals surface area contributed by atoms with Crippen molar-refractivity contribution in [1.29, 1.82) is 0 Å². The first-order valence-electron chi connectivity index (χ1n) is 6.12. The lowest BCUT2D eigenvalue weighted by Gasteiger charge is -2.32. The van der Waals surface area contributed by atoms with E-state index in [0.717, 1.165) is 12.8 Å². The molecule has 0 aromatic rings. The van der Waals surface area contributed by atoms with Gasteiger partial charge in [0.15, 0.2) is 0 Å². The van der Waals surface area contributed by atoms with Crippen molar-refractivity contribution in [3.63, 3.8) is 0 Å². The molecule has 0 radical (unpaired) electrons. The smallest absolute Gasteiger partial charge is 0.224 e. The Kier molecular flexibility index (Phi) is 4.33. The Labute approximate surface area is 98.3 Å². The van der Waals surface area contributed by atoms with Gasteiger partial charge in [0, 0.05) is 12.5 Å². The SMILES string of the molecule is CCC(C)(C)ONC(C)N1C(=O)CCC1C. The van der Waals surface area contributed by atoms with Crippen LogP contribution in [0.5, 0.6) is 0 Å². The molecule has 2 unspecified atom stereocenters. The van der Waals surface area contributed by atoms with Gasteiger partial charge in [0.05, 0.1) is 5.60 Å². The van der Waals surface area contributed by atoms with Crippen LogP contribution in [0.1, 0.15) is 53.9 Å². The largest absolute Gasteiger partial charge is 0.323 e. The second-order valence-corrected chi connectivity index (χ2v) is 5.20. The molecular formula is C12H24N2O2. The number of carbonyl (C=O) groups is 1. The Morgan fingerprint density at radius 3 is 2.69 bits per heavy atom. The molecular weight excluding hydrogens is 204 g/mol. The van der Waals surface area contributed by atoms with Crippen LogP contribution in [0.15, 0.2) is 0 Å². The second-order valence-electron chi connectivity index (χ2n) is 5.20. The molecule has 0 aromatic carbocycles. The Morgan fingerprint density at radius 1 is 1.62 bits per heavy atom. The predicted molar refractivity (Wildman–Crippen MR) is 63.6 cm³/mol. The van der Waals surface area contributed by atoms with Gasteiger partial charge in [-0.3, -0.25) is 9.63 Å². The molecule has 2 atom stereocenters. The number of rotatable bonds is 5. The summed E-state index contributed by atoms with van der Waals surface area (Å²) in [5.74, 6) is 0.213. The third-order valence-corrected chi connectivity index (χ3v) is 3.31. The van der Waals surface area contributed by atoms with Gasteiger partial charge in [0.25, 0.3) is 0 Å². The van der Waals surface area contributed by atoms with Crippen LogP contribution in [0, 0.1) is 0 Å². The van der Waals surface area contributed by atoms with Crippen molar-refractivity contribution in [2.45, 2.75) is 71.7 Å². The quantitative estimate of drug-likeness (QED) is 0.732. The number of nitrogens with zero attached hydrogens (tertiary/aromatic N) is 1. The van der Waals surface area contributed by atoms with E-state index in [9.17, 15) is 4.79 Å². The van der Waals surface area contributed by atoms with E-state index < -0.39 is 0 Å². The van der Waals surface area contributed by atoms with E-state index in [-0.39, 0.29) is 17.7 Å². The van der Waals surface area contributed by atoms with Crippen molar-refractivity contribution in [3.8, 4) is 0 Å². The second kappa shape index (κ2) is 5.15. The average molecular weight is 228 g/mol. The molecule has 4 heteroatoms. The van der Waals surface area contributed by atoms with E-state index in [1.165, 1.54) is 0 Å². The first-order valence-corrected chi connectivity index (χ1v) is 6.12. The standard InChI is InChI=1S/C12H24N2O2/c1-6-12(4,5)16-13-10(3)14-9(2)7-8-11(14)15/h9-10,13H,6-8H2,1-5H3. The fourth-order valence-electron chi connectivity index (χ4n) is 1.82. The van der Waals surface area contributed by atoms with E-state index in [0.29, 0.717) is 12.5 Å². The molecule has 4 nitrogen and oxygen atoms in total. The third-order valence-electron chi connectivity index (χ3n) is 3.31. The molecule has 0 spiro atoms. The molecule has 0 aromatic heterocycles. The van der Waals surface area contributed by atoms with Crippen LogP contribution in [-0.4, -0.2) is 28.6 Å². The van der Waals surface area contributed by atoms with Crippen molar-refractivity contribution in [1.82, 2.24) is 10.4 Å². The maximum absolute atomic E-state index is 11.7. The number of carbonyl (C=O) groups excluding carboxylic acids is 1. The van der Waals surface area contributed by atoms with Crippen LogP contribution in [0.2, 0.25) is 0 Å². The highest BCUT2D eigenvalue weighted by atomic mass is 16.7. The van der Waals surface area contributed by atoms with Crippen molar-refractivity contribution >= 4 is 5.91 Å². The molecule has 94 valence electrons. The molecule has 1 fully saturated rings. The Balaban J connectivity index is 2.46. The zero-order valence-corrected chi connectivity index (χ0v) is 11.0. The van der Waals surface area contributed by atoms with Crippen LogP contribution in [0.25, 0.3) is 0 Å². The van der Waals surface area contributed by atoms with Gasteiger partial charge in [-0.25, -0.2) is 0 Å². The minimum Gasteiger partial charge on any atom is -0.323 e. The van der Waals surface area contributed by atoms with E-state index in [1.807, 2.05) is 25.7 Å². The lowest BCUT2D eigenvalue weighted by Crippen LogP contribution is -2.49. The summed E-state index contributed by atoms with van der Waals surface area (Å²) in [6.07, 6.45) is 2.47. The van der Waals surface area contributed by atoms with Crippen LogP contribution in [0.4, 0.5) is 0 Å². The minimum atomic E-state index is -0.194. The van der Waals surface area contributed by atoms with Gasteiger partial charge >= 0.3 is 0 Å². The van der Waals surface area contributed by atoms with Gasteiger partial charge in [0.1, 0.15) is 6.17 Å². The van der Waals surface area contributed by atoms with E-state index in [4.69, 9.17) is 4.84 Å². The van der Waals surface area contributed by atoms with Gasteiger partial charge in [-0.1, -0.05) is 6.92 Å². The predicted octanol–water partition coefficient (Wildman–Crippen LogP) is 2.05. The Bertz CT molecular complexity index is 253. The van der Waals surface area contributed by atoms with Gasteiger partial charge in [0.2, 0.25) is 5.91 Å². The normalized spacial score (nSPS) is 23.9. The summed E-state index contributed by atoms with van der Waals surface area (Å²) in [5, 5.41) is 0. The van der Waals surface area contributed by atoms with Gasteiger partial charge in [-0.15, -0.1) is 0 Å².